The Kier molecular flexibility index (Phi) is 11.6. The number of carbonyl (C=O) groups excluding carboxylic acids is 3. The fourth-order valence-corrected chi connectivity index (χ4v) is 5.19. The summed E-state index contributed by atoms with van der Waals surface area (Å²) in [5.41, 5.74) is 11.4. The number of carbonyl (C=O) groups is 3. The number of hydrogen-bond acceptors (Lipinski definition) is 6. The maximum atomic E-state index is 13.5. The topological polar surface area (TPSA) is 125 Å². The summed E-state index contributed by atoms with van der Waals surface area (Å²) in [7, 11) is 0. The summed E-state index contributed by atoms with van der Waals surface area (Å²) in [4.78, 5) is 39.0. The maximum Gasteiger partial charge on any atom is 0.257 e. The van der Waals surface area contributed by atoms with Crippen molar-refractivity contribution in [3.63, 3.8) is 0 Å². The highest BCUT2D eigenvalue weighted by atomic mass is 32.2. The SMILES string of the molecule is CC(C)C[C@H](C(=O)NN(C(=O)[C@@H](C)N)C1CCSCC1)[C@@H](C/C=C/c1ccccc1)C(=O)NO. The first kappa shape index (κ1) is 27.9. The van der Waals surface area contributed by atoms with Crippen molar-refractivity contribution < 1.29 is 19.6 Å². The van der Waals surface area contributed by atoms with Crippen LogP contribution < -0.4 is 16.6 Å². The summed E-state index contributed by atoms with van der Waals surface area (Å²) in [6, 6.07) is 8.74. The van der Waals surface area contributed by atoms with E-state index in [1.807, 2.05) is 68.1 Å². The highest BCUT2D eigenvalue weighted by molar-refractivity contribution is 7.99. The molecule has 1 aromatic rings. The van der Waals surface area contributed by atoms with Crippen LogP contribution in [-0.4, -0.2) is 51.5 Å². The molecule has 0 unspecified atom stereocenters. The molecule has 8 nitrogen and oxygen atoms in total. The number of nitrogens with two attached hydrogens (primary N) is 1. The molecule has 1 aliphatic rings. The molecule has 0 radical (unpaired) electrons. The summed E-state index contributed by atoms with van der Waals surface area (Å²) >= 11 is 1.82. The molecule has 1 aliphatic heterocycles. The lowest BCUT2D eigenvalue weighted by Gasteiger charge is -2.37. The van der Waals surface area contributed by atoms with Gasteiger partial charge in [0, 0.05) is 0 Å². The first-order valence-corrected chi connectivity index (χ1v) is 13.0. The van der Waals surface area contributed by atoms with Crippen LogP contribution in [0.15, 0.2) is 36.4 Å². The van der Waals surface area contributed by atoms with Crippen molar-refractivity contribution in [1.82, 2.24) is 15.9 Å². The molecular weight excluding hydrogens is 452 g/mol. The second kappa shape index (κ2) is 14.1. The molecule has 0 bridgehead atoms. The van der Waals surface area contributed by atoms with Gasteiger partial charge in [0.1, 0.15) is 0 Å². The lowest BCUT2D eigenvalue weighted by atomic mass is 9.82. The number of rotatable bonds is 10. The van der Waals surface area contributed by atoms with Crippen molar-refractivity contribution in [2.75, 3.05) is 11.5 Å². The highest BCUT2D eigenvalue weighted by Gasteiger charge is 2.36. The van der Waals surface area contributed by atoms with Crippen molar-refractivity contribution in [2.45, 2.75) is 58.5 Å². The van der Waals surface area contributed by atoms with Gasteiger partial charge in [-0.15, -0.1) is 0 Å². The Hall–Kier alpha value is -2.36. The van der Waals surface area contributed by atoms with E-state index in [0.717, 1.165) is 29.9 Å². The lowest BCUT2D eigenvalue weighted by Crippen LogP contribution is -2.59. The van der Waals surface area contributed by atoms with E-state index in [9.17, 15) is 19.6 Å². The van der Waals surface area contributed by atoms with Gasteiger partial charge in [0.05, 0.1) is 23.9 Å². The van der Waals surface area contributed by atoms with E-state index in [-0.39, 0.29) is 24.3 Å². The van der Waals surface area contributed by atoms with Crippen LogP contribution >= 0.6 is 11.8 Å². The van der Waals surface area contributed by atoms with Crippen molar-refractivity contribution >= 4 is 35.6 Å². The zero-order chi connectivity index (χ0) is 25.1. The number of nitrogens with zero attached hydrogens (tertiary/aromatic N) is 1. The molecule has 1 aromatic carbocycles. The molecule has 0 saturated carbocycles. The van der Waals surface area contributed by atoms with Gasteiger partial charge in [0.15, 0.2) is 0 Å². The number of hydroxylamine groups is 1. The number of amides is 3. The Morgan fingerprint density at radius 3 is 2.32 bits per heavy atom. The van der Waals surface area contributed by atoms with Gasteiger partial charge in [-0.25, -0.2) is 10.5 Å². The molecular formula is C25H38N4O4S. The number of allylic oxidation sites excluding steroid dienone is 1. The Bertz CT molecular complexity index is 825. The van der Waals surface area contributed by atoms with E-state index in [1.165, 1.54) is 5.01 Å². The molecule has 0 spiro atoms. The van der Waals surface area contributed by atoms with E-state index in [2.05, 4.69) is 5.43 Å². The van der Waals surface area contributed by atoms with Gasteiger partial charge >= 0.3 is 0 Å². The standard InChI is InChI=1S/C25H38N4O4S/c1-17(2)16-22(21(24(31)28-33)11-7-10-19-8-5-4-6-9-19)23(30)27-29(25(32)18(3)26)20-12-14-34-15-13-20/h4-10,17-18,20-22,33H,11-16,26H2,1-3H3,(H,27,30)(H,28,31)/b10-7+/t18-,21-,22+/m1/s1. The third-order valence-corrected chi connectivity index (χ3v) is 6.96. The predicted octanol–water partition coefficient (Wildman–Crippen LogP) is 2.98. The molecule has 1 heterocycles. The van der Waals surface area contributed by atoms with E-state index < -0.39 is 29.7 Å². The molecule has 2 rings (SSSR count). The van der Waals surface area contributed by atoms with Crippen molar-refractivity contribution in [1.29, 1.82) is 0 Å². The summed E-state index contributed by atoms with van der Waals surface area (Å²) in [5, 5.41) is 10.8. The number of hydrogen-bond donors (Lipinski definition) is 4. The van der Waals surface area contributed by atoms with Crippen molar-refractivity contribution in [3.05, 3.63) is 42.0 Å². The molecule has 5 N–H and O–H groups in total. The second-order valence-electron chi connectivity index (χ2n) is 9.18. The molecule has 3 atom stereocenters. The van der Waals surface area contributed by atoms with Crippen LogP contribution in [0.2, 0.25) is 0 Å². The van der Waals surface area contributed by atoms with Gasteiger partial charge in [-0.2, -0.15) is 11.8 Å². The van der Waals surface area contributed by atoms with E-state index in [0.29, 0.717) is 6.42 Å². The zero-order valence-electron chi connectivity index (χ0n) is 20.3. The van der Waals surface area contributed by atoms with Gasteiger partial charge in [0.25, 0.3) is 5.91 Å². The number of benzene rings is 1. The third-order valence-electron chi connectivity index (χ3n) is 5.91. The Balaban J connectivity index is 2.26. The van der Waals surface area contributed by atoms with Gasteiger partial charge < -0.3 is 5.73 Å². The first-order chi connectivity index (χ1) is 16.2. The van der Waals surface area contributed by atoms with Gasteiger partial charge in [0.2, 0.25) is 11.8 Å². The maximum absolute atomic E-state index is 13.5. The Morgan fingerprint density at radius 2 is 1.76 bits per heavy atom. The largest absolute Gasteiger partial charge is 0.320 e. The number of nitrogens with one attached hydrogen (secondary N) is 2. The molecule has 0 aliphatic carbocycles. The van der Waals surface area contributed by atoms with Crippen LogP contribution in [-0.2, 0) is 14.4 Å². The summed E-state index contributed by atoms with van der Waals surface area (Å²) in [6.07, 6.45) is 5.92. The summed E-state index contributed by atoms with van der Waals surface area (Å²) < 4.78 is 0. The number of thioether (sulfide) groups is 1. The molecule has 188 valence electrons. The molecule has 0 aromatic heterocycles. The average molecular weight is 491 g/mol. The van der Waals surface area contributed by atoms with Crippen LogP contribution in [0.5, 0.6) is 0 Å². The summed E-state index contributed by atoms with van der Waals surface area (Å²) in [5.74, 6) is -1.01. The fourth-order valence-electron chi connectivity index (χ4n) is 4.10. The normalized spacial score (nSPS) is 17.2. The second-order valence-corrected chi connectivity index (χ2v) is 10.4. The molecule has 34 heavy (non-hydrogen) atoms. The number of hydrazine groups is 1. The first-order valence-electron chi connectivity index (χ1n) is 11.9. The molecule has 3 amide bonds. The molecule has 9 heteroatoms. The zero-order valence-corrected chi connectivity index (χ0v) is 21.1. The van der Waals surface area contributed by atoms with Crippen LogP contribution in [0.3, 0.4) is 0 Å². The fraction of sp³-hybridized carbons (Fsp3) is 0.560. The minimum atomic E-state index is -0.804. The van der Waals surface area contributed by atoms with Crippen LogP contribution in [0.1, 0.15) is 52.0 Å². The molecule has 1 fully saturated rings. The monoisotopic (exact) mass is 490 g/mol. The van der Waals surface area contributed by atoms with Crippen LogP contribution in [0, 0.1) is 17.8 Å². The van der Waals surface area contributed by atoms with Crippen LogP contribution in [0.4, 0.5) is 0 Å². The van der Waals surface area contributed by atoms with E-state index >= 15 is 0 Å². The minimum absolute atomic E-state index is 0.117. The summed E-state index contributed by atoms with van der Waals surface area (Å²) in [6.45, 7) is 5.54. The predicted molar refractivity (Wildman–Crippen MR) is 135 cm³/mol. The van der Waals surface area contributed by atoms with Crippen molar-refractivity contribution in [3.8, 4) is 0 Å². The highest BCUT2D eigenvalue weighted by Crippen LogP contribution is 2.27. The van der Waals surface area contributed by atoms with E-state index in [1.54, 1.807) is 12.4 Å². The third kappa shape index (κ3) is 8.45. The van der Waals surface area contributed by atoms with Gasteiger partial charge in [-0.3, -0.25) is 25.0 Å². The van der Waals surface area contributed by atoms with E-state index in [4.69, 9.17) is 5.73 Å². The van der Waals surface area contributed by atoms with Crippen molar-refractivity contribution in [2.24, 2.45) is 23.5 Å². The quantitative estimate of drug-likeness (QED) is 0.295. The molecule has 1 saturated heterocycles. The minimum Gasteiger partial charge on any atom is -0.320 e. The lowest BCUT2D eigenvalue weighted by molar-refractivity contribution is -0.150. The smallest absolute Gasteiger partial charge is 0.257 e. The Morgan fingerprint density at radius 1 is 1.12 bits per heavy atom. The average Bonchev–Trinajstić information content (AvgIpc) is 2.84. The van der Waals surface area contributed by atoms with Gasteiger partial charge in [-0.05, 0) is 55.6 Å². The van der Waals surface area contributed by atoms with Gasteiger partial charge in [-0.1, -0.05) is 56.3 Å². The van der Waals surface area contributed by atoms with Crippen LogP contribution in [0.25, 0.3) is 6.08 Å². The Labute approximate surface area is 206 Å².